The summed E-state index contributed by atoms with van der Waals surface area (Å²) in [6.45, 7) is 2.98. The summed E-state index contributed by atoms with van der Waals surface area (Å²) in [7, 11) is 0. The van der Waals surface area contributed by atoms with E-state index in [9.17, 15) is 0 Å². The standard InChI is InChI=1S/C13H15BrN4/c1-2-16-13(12-5-6-15-9-18-12)7-11-4-3-10(14)8-17-11/h3-6,8-9,13,16H,2,7H2,1H3. The molecule has 0 spiro atoms. The first kappa shape index (κ1) is 13.1. The third-order valence-corrected chi connectivity index (χ3v) is 3.08. The minimum Gasteiger partial charge on any atom is -0.309 e. The van der Waals surface area contributed by atoms with Gasteiger partial charge >= 0.3 is 0 Å². The molecule has 0 saturated carbocycles. The lowest BCUT2D eigenvalue weighted by Crippen LogP contribution is -2.24. The Hall–Kier alpha value is -1.33. The number of rotatable bonds is 5. The van der Waals surface area contributed by atoms with Gasteiger partial charge in [-0.25, -0.2) is 9.97 Å². The molecule has 4 nitrogen and oxygen atoms in total. The number of pyridine rings is 1. The van der Waals surface area contributed by atoms with Crippen LogP contribution < -0.4 is 5.32 Å². The molecule has 18 heavy (non-hydrogen) atoms. The molecule has 0 radical (unpaired) electrons. The second kappa shape index (κ2) is 6.56. The third kappa shape index (κ3) is 3.58. The molecular weight excluding hydrogens is 292 g/mol. The minimum atomic E-state index is 0.173. The Bertz CT molecular complexity index is 472. The van der Waals surface area contributed by atoms with Gasteiger partial charge in [-0.1, -0.05) is 6.92 Å². The molecule has 5 heteroatoms. The van der Waals surface area contributed by atoms with Crippen LogP contribution in [0.25, 0.3) is 0 Å². The summed E-state index contributed by atoms with van der Waals surface area (Å²) in [6, 6.07) is 6.14. The number of halogens is 1. The fourth-order valence-electron chi connectivity index (χ4n) is 1.77. The maximum absolute atomic E-state index is 4.40. The van der Waals surface area contributed by atoms with E-state index in [4.69, 9.17) is 0 Å². The third-order valence-electron chi connectivity index (χ3n) is 2.61. The van der Waals surface area contributed by atoms with Gasteiger partial charge in [0.05, 0.1) is 11.7 Å². The van der Waals surface area contributed by atoms with Crippen molar-refractivity contribution in [3.05, 3.63) is 52.8 Å². The first-order valence-electron chi connectivity index (χ1n) is 5.89. The van der Waals surface area contributed by atoms with E-state index in [1.165, 1.54) is 0 Å². The van der Waals surface area contributed by atoms with Gasteiger partial charge in [-0.15, -0.1) is 0 Å². The van der Waals surface area contributed by atoms with E-state index < -0.39 is 0 Å². The van der Waals surface area contributed by atoms with Crippen LogP contribution in [-0.4, -0.2) is 21.5 Å². The van der Waals surface area contributed by atoms with Gasteiger partial charge in [0.15, 0.2) is 0 Å². The number of nitrogens with zero attached hydrogens (tertiary/aromatic N) is 3. The van der Waals surface area contributed by atoms with Crippen molar-refractivity contribution in [1.29, 1.82) is 0 Å². The quantitative estimate of drug-likeness (QED) is 0.922. The molecule has 0 aromatic carbocycles. The van der Waals surface area contributed by atoms with Crippen molar-refractivity contribution in [1.82, 2.24) is 20.3 Å². The Morgan fingerprint density at radius 2 is 2.17 bits per heavy atom. The Labute approximate surface area is 115 Å². The van der Waals surface area contributed by atoms with Crippen molar-refractivity contribution >= 4 is 15.9 Å². The molecule has 2 rings (SSSR count). The molecule has 0 fully saturated rings. The number of nitrogens with one attached hydrogen (secondary N) is 1. The number of likely N-dealkylation sites (N-methyl/N-ethyl adjacent to an activating group) is 1. The normalized spacial score (nSPS) is 12.3. The highest BCUT2D eigenvalue weighted by atomic mass is 79.9. The van der Waals surface area contributed by atoms with E-state index in [0.717, 1.165) is 28.8 Å². The van der Waals surface area contributed by atoms with Crippen molar-refractivity contribution < 1.29 is 0 Å². The average Bonchev–Trinajstić information content (AvgIpc) is 2.42. The van der Waals surface area contributed by atoms with Gasteiger partial charge in [0.1, 0.15) is 6.33 Å². The van der Waals surface area contributed by atoms with E-state index >= 15 is 0 Å². The van der Waals surface area contributed by atoms with Crippen LogP contribution in [-0.2, 0) is 6.42 Å². The van der Waals surface area contributed by atoms with Crippen LogP contribution in [0.1, 0.15) is 24.4 Å². The molecule has 1 atom stereocenters. The molecule has 2 heterocycles. The van der Waals surface area contributed by atoms with Gasteiger partial charge in [0.25, 0.3) is 0 Å². The van der Waals surface area contributed by atoms with Crippen LogP contribution in [0.15, 0.2) is 41.4 Å². The SMILES string of the molecule is CCNC(Cc1ccc(Br)cn1)c1ccncn1. The summed E-state index contributed by atoms with van der Waals surface area (Å²) in [6.07, 6.45) is 5.98. The van der Waals surface area contributed by atoms with Crippen molar-refractivity contribution in [2.75, 3.05) is 6.54 Å². The maximum atomic E-state index is 4.40. The molecule has 0 aliphatic carbocycles. The van der Waals surface area contributed by atoms with Gasteiger partial charge in [0, 0.05) is 29.0 Å². The van der Waals surface area contributed by atoms with Crippen molar-refractivity contribution in [3.8, 4) is 0 Å². The second-order valence-electron chi connectivity index (χ2n) is 3.92. The summed E-state index contributed by atoms with van der Waals surface area (Å²) in [5, 5.41) is 3.42. The highest BCUT2D eigenvalue weighted by Crippen LogP contribution is 2.16. The first-order chi connectivity index (χ1) is 8.79. The van der Waals surface area contributed by atoms with Gasteiger partial charge in [-0.3, -0.25) is 4.98 Å². The summed E-state index contributed by atoms with van der Waals surface area (Å²) in [4.78, 5) is 12.6. The predicted molar refractivity (Wildman–Crippen MR) is 74.1 cm³/mol. The molecule has 0 aliphatic heterocycles. The second-order valence-corrected chi connectivity index (χ2v) is 4.83. The monoisotopic (exact) mass is 306 g/mol. The van der Waals surface area contributed by atoms with Crippen LogP contribution in [0, 0.1) is 0 Å². The van der Waals surface area contributed by atoms with E-state index in [1.807, 2.05) is 24.4 Å². The highest BCUT2D eigenvalue weighted by molar-refractivity contribution is 9.10. The van der Waals surface area contributed by atoms with Crippen molar-refractivity contribution in [2.24, 2.45) is 0 Å². The van der Waals surface area contributed by atoms with Crippen LogP contribution in [0.2, 0.25) is 0 Å². The number of hydrogen-bond donors (Lipinski definition) is 1. The topological polar surface area (TPSA) is 50.7 Å². The molecule has 1 N–H and O–H groups in total. The summed E-state index contributed by atoms with van der Waals surface area (Å²) >= 11 is 3.39. The zero-order valence-electron chi connectivity index (χ0n) is 10.2. The summed E-state index contributed by atoms with van der Waals surface area (Å²) in [5.74, 6) is 0. The molecule has 1 unspecified atom stereocenters. The van der Waals surface area contributed by atoms with Crippen molar-refractivity contribution in [2.45, 2.75) is 19.4 Å². The molecule has 0 saturated heterocycles. The van der Waals surface area contributed by atoms with Gasteiger partial charge < -0.3 is 5.32 Å². The van der Waals surface area contributed by atoms with Gasteiger partial charge in [-0.2, -0.15) is 0 Å². The maximum Gasteiger partial charge on any atom is 0.115 e. The largest absolute Gasteiger partial charge is 0.309 e. The Morgan fingerprint density at radius 3 is 2.78 bits per heavy atom. The van der Waals surface area contributed by atoms with Crippen LogP contribution in [0.5, 0.6) is 0 Å². The van der Waals surface area contributed by atoms with Crippen molar-refractivity contribution in [3.63, 3.8) is 0 Å². The van der Waals surface area contributed by atoms with E-state index in [-0.39, 0.29) is 6.04 Å². The van der Waals surface area contributed by atoms with Crippen LogP contribution in [0.4, 0.5) is 0 Å². The first-order valence-corrected chi connectivity index (χ1v) is 6.68. The highest BCUT2D eigenvalue weighted by Gasteiger charge is 2.12. The fraction of sp³-hybridized carbons (Fsp3) is 0.308. The Balaban J connectivity index is 2.14. The Morgan fingerprint density at radius 1 is 1.28 bits per heavy atom. The fourth-order valence-corrected chi connectivity index (χ4v) is 2.01. The lowest BCUT2D eigenvalue weighted by atomic mass is 10.1. The lowest BCUT2D eigenvalue weighted by molar-refractivity contribution is 0.530. The number of hydrogen-bond acceptors (Lipinski definition) is 4. The summed E-state index contributed by atoms with van der Waals surface area (Å²) < 4.78 is 0.994. The minimum absolute atomic E-state index is 0.173. The molecular formula is C13H15BrN4. The van der Waals surface area contributed by atoms with Gasteiger partial charge in [0.2, 0.25) is 0 Å². The van der Waals surface area contributed by atoms with Crippen LogP contribution >= 0.6 is 15.9 Å². The van der Waals surface area contributed by atoms with Crippen LogP contribution in [0.3, 0.4) is 0 Å². The molecule has 0 amide bonds. The molecule has 0 bridgehead atoms. The number of aromatic nitrogens is 3. The average molecular weight is 307 g/mol. The van der Waals surface area contributed by atoms with Gasteiger partial charge in [-0.05, 0) is 40.7 Å². The van der Waals surface area contributed by atoms with E-state index in [0.29, 0.717) is 0 Å². The molecule has 2 aromatic rings. The molecule has 2 aromatic heterocycles. The van der Waals surface area contributed by atoms with E-state index in [2.05, 4.69) is 43.1 Å². The smallest absolute Gasteiger partial charge is 0.115 e. The predicted octanol–water partition coefficient (Wildman–Crippen LogP) is 2.53. The lowest BCUT2D eigenvalue weighted by Gasteiger charge is -2.16. The zero-order chi connectivity index (χ0) is 12.8. The Kier molecular flexibility index (Phi) is 4.78. The summed E-state index contributed by atoms with van der Waals surface area (Å²) in [5.41, 5.74) is 2.04. The van der Waals surface area contributed by atoms with E-state index in [1.54, 1.807) is 12.5 Å². The molecule has 94 valence electrons. The zero-order valence-corrected chi connectivity index (χ0v) is 11.8. The molecule has 0 aliphatic rings.